The third-order valence-corrected chi connectivity index (χ3v) is 4.23. The van der Waals surface area contributed by atoms with Crippen LogP contribution in [0.15, 0.2) is 18.2 Å². The molecule has 1 N–H and O–H groups in total. The van der Waals surface area contributed by atoms with Gasteiger partial charge in [0.25, 0.3) is 0 Å². The Morgan fingerprint density at radius 2 is 1.76 bits per heavy atom. The Kier molecular flexibility index (Phi) is 3.91. The van der Waals surface area contributed by atoms with E-state index in [1.54, 1.807) is 0 Å². The van der Waals surface area contributed by atoms with Crippen molar-refractivity contribution < 1.29 is 0 Å². The number of anilines is 1. The van der Waals surface area contributed by atoms with Crippen LogP contribution in [0.3, 0.4) is 0 Å². The van der Waals surface area contributed by atoms with Crippen molar-refractivity contribution in [1.29, 1.82) is 0 Å². The Morgan fingerprint density at radius 3 is 2.48 bits per heavy atom. The van der Waals surface area contributed by atoms with Gasteiger partial charge in [0.2, 0.25) is 0 Å². The van der Waals surface area contributed by atoms with Crippen molar-refractivity contribution in [1.82, 2.24) is 9.97 Å². The second-order valence-electron chi connectivity index (χ2n) is 5.83. The predicted octanol–water partition coefficient (Wildman–Crippen LogP) is 4.07. The molecule has 0 bridgehead atoms. The summed E-state index contributed by atoms with van der Waals surface area (Å²) in [5.74, 6) is 1.92. The van der Waals surface area contributed by atoms with Crippen LogP contribution < -0.4 is 5.32 Å². The number of rotatable bonds is 3. The predicted molar refractivity (Wildman–Crippen MR) is 87.7 cm³/mol. The van der Waals surface area contributed by atoms with Crippen LogP contribution in [0.4, 0.5) is 5.82 Å². The van der Waals surface area contributed by atoms with E-state index in [4.69, 9.17) is 9.97 Å². The third kappa shape index (κ3) is 2.65. The van der Waals surface area contributed by atoms with Gasteiger partial charge in [-0.25, -0.2) is 9.97 Å². The van der Waals surface area contributed by atoms with Crippen LogP contribution in [0.1, 0.15) is 42.1 Å². The van der Waals surface area contributed by atoms with E-state index in [0.717, 1.165) is 31.0 Å². The molecule has 0 unspecified atom stereocenters. The second kappa shape index (κ2) is 5.84. The minimum Gasteiger partial charge on any atom is -0.370 e. The molecule has 0 radical (unpaired) electrons. The fraction of sp³-hybridized carbons (Fsp3) is 0.444. The van der Waals surface area contributed by atoms with Crippen LogP contribution in [0.25, 0.3) is 11.4 Å². The van der Waals surface area contributed by atoms with Gasteiger partial charge in [0.15, 0.2) is 5.82 Å². The van der Waals surface area contributed by atoms with Gasteiger partial charge in [0.1, 0.15) is 5.82 Å². The average molecular weight is 281 g/mol. The maximum atomic E-state index is 4.90. The molecule has 3 rings (SSSR count). The summed E-state index contributed by atoms with van der Waals surface area (Å²) in [6.07, 6.45) is 4.66. The van der Waals surface area contributed by atoms with E-state index in [-0.39, 0.29) is 0 Å². The van der Waals surface area contributed by atoms with E-state index in [1.165, 1.54) is 40.8 Å². The lowest BCUT2D eigenvalue weighted by molar-refractivity contribution is 0.664. The molecule has 1 aliphatic carbocycles. The van der Waals surface area contributed by atoms with Crippen molar-refractivity contribution in [3.05, 3.63) is 40.6 Å². The Balaban J connectivity index is 2.17. The van der Waals surface area contributed by atoms with Crippen molar-refractivity contribution in [3.8, 4) is 11.4 Å². The molecular weight excluding hydrogens is 258 g/mol. The number of nitrogens with one attached hydrogen (secondary N) is 1. The molecule has 0 amide bonds. The summed E-state index contributed by atoms with van der Waals surface area (Å²) < 4.78 is 0. The molecule has 0 saturated heterocycles. The highest BCUT2D eigenvalue weighted by Gasteiger charge is 2.19. The van der Waals surface area contributed by atoms with Crippen molar-refractivity contribution >= 4 is 5.82 Å². The van der Waals surface area contributed by atoms with Gasteiger partial charge in [-0.1, -0.05) is 18.2 Å². The van der Waals surface area contributed by atoms with Gasteiger partial charge in [-0.2, -0.15) is 0 Å². The van der Waals surface area contributed by atoms with Crippen molar-refractivity contribution in [2.75, 3.05) is 11.9 Å². The van der Waals surface area contributed by atoms with E-state index < -0.39 is 0 Å². The average Bonchev–Trinajstić information content (AvgIpc) is 2.47. The molecule has 0 saturated carbocycles. The summed E-state index contributed by atoms with van der Waals surface area (Å²) in [7, 11) is 0. The number of hydrogen-bond donors (Lipinski definition) is 1. The van der Waals surface area contributed by atoms with Crippen molar-refractivity contribution in [3.63, 3.8) is 0 Å². The Labute approximate surface area is 126 Å². The van der Waals surface area contributed by atoms with E-state index in [0.29, 0.717) is 0 Å². The number of aromatic nitrogens is 2. The zero-order chi connectivity index (χ0) is 14.8. The zero-order valence-corrected chi connectivity index (χ0v) is 13.2. The lowest BCUT2D eigenvalue weighted by Crippen LogP contribution is -2.14. The molecule has 0 atom stereocenters. The molecule has 1 aromatic heterocycles. The summed E-state index contributed by atoms with van der Waals surface area (Å²) in [6, 6.07) is 6.37. The van der Waals surface area contributed by atoms with Crippen LogP contribution >= 0.6 is 0 Å². The first-order valence-electron chi connectivity index (χ1n) is 7.91. The molecule has 21 heavy (non-hydrogen) atoms. The summed E-state index contributed by atoms with van der Waals surface area (Å²) in [6.45, 7) is 7.29. The number of nitrogens with zero attached hydrogens (tertiary/aromatic N) is 2. The van der Waals surface area contributed by atoms with E-state index >= 15 is 0 Å². The highest BCUT2D eigenvalue weighted by molar-refractivity contribution is 5.67. The molecular formula is C18H23N3. The third-order valence-electron chi connectivity index (χ3n) is 4.23. The minimum atomic E-state index is 0.877. The van der Waals surface area contributed by atoms with Crippen molar-refractivity contribution in [2.24, 2.45) is 0 Å². The van der Waals surface area contributed by atoms with Crippen LogP contribution in [0.2, 0.25) is 0 Å². The smallest absolute Gasteiger partial charge is 0.162 e. The highest BCUT2D eigenvalue weighted by atomic mass is 15.0. The first kappa shape index (κ1) is 14.1. The lowest BCUT2D eigenvalue weighted by atomic mass is 9.95. The van der Waals surface area contributed by atoms with E-state index in [9.17, 15) is 0 Å². The van der Waals surface area contributed by atoms with Gasteiger partial charge in [0, 0.05) is 23.4 Å². The molecule has 0 spiro atoms. The number of fused-ring (bicyclic) bond motifs is 1. The molecule has 3 heteroatoms. The van der Waals surface area contributed by atoms with Crippen LogP contribution in [-0.4, -0.2) is 16.5 Å². The van der Waals surface area contributed by atoms with Gasteiger partial charge in [-0.05, 0) is 57.6 Å². The number of aryl methyl sites for hydroxylation is 3. The topological polar surface area (TPSA) is 37.8 Å². The SMILES string of the molecule is CCNc1nc(-c2c(C)cccc2C)nc2c1CCCC2. The van der Waals surface area contributed by atoms with Crippen LogP contribution in [-0.2, 0) is 12.8 Å². The summed E-state index contributed by atoms with van der Waals surface area (Å²) in [5.41, 5.74) is 6.24. The number of benzene rings is 1. The molecule has 0 aliphatic heterocycles. The number of hydrogen-bond acceptors (Lipinski definition) is 3. The Morgan fingerprint density at radius 1 is 1.05 bits per heavy atom. The van der Waals surface area contributed by atoms with Crippen LogP contribution in [0, 0.1) is 13.8 Å². The van der Waals surface area contributed by atoms with Crippen molar-refractivity contribution in [2.45, 2.75) is 46.5 Å². The van der Waals surface area contributed by atoms with Gasteiger partial charge in [0.05, 0.1) is 0 Å². The summed E-state index contributed by atoms with van der Waals surface area (Å²) in [4.78, 5) is 9.74. The molecule has 0 fully saturated rings. The Bertz CT molecular complexity index is 642. The van der Waals surface area contributed by atoms with Gasteiger partial charge >= 0.3 is 0 Å². The maximum absolute atomic E-state index is 4.90. The molecule has 3 nitrogen and oxygen atoms in total. The van der Waals surface area contributed by atoms with E-state index in [1.807, 2.05) is 0 Å². The standard InChI is InChI=1S/C18H23N3/c1-4-19-17-14-10-5-6-11-15(14)20-18(21-17)16-12(2)8-7-9-13(16)3/h7-9H,4-6,10-11H2,1-3H3,(H,19,20,21). The normalized spacial score (nSPS) is 13.9. The Hall–Kier alpha value is -1.90. The maximum Gasteiger partial charge on any atom is 0.162 e. The highest BCUT2D eigenvalue weighted by Crippen LogP contribution is 2.30. The minimum absolute atomic E-state index is 0.877. The fourth-order valence-electron chi connectivity index (χ4n) is 3.19. The monoisotopic (exact) mass is 281 g/mol. The summed E-state index contributed by atoms with van der Waals surface area (Å²) >= 11 is 0. The molecule has 1 heterocycles. The molecule has 1 aromatic carbocycles. The second-order valence-corrected chi connectivity index (χ2v) is 5.83. The molecule has 2 aromatic rings. The van der Waals surface area contributed by atoms with Gasteiger partial charge in [-0.15, -0.1) is 0 Å². The van der Waals surface area contributed by atoms with Gasteiger partial charge in [-0.3, -0.25) is 0 Å². The molecule has 1 aliphatic rings. The fourth-order valence-corrected chi connectivity index (χ4v) is 3.19. The first-order valence-corrected chi connectivity index (χ1v) is 7.91. The molecule has 110 valence electrons. The van der Waals surface area contributed by atoms with E-state index in [2.05, 4.69) is 44.3 Å². The zero-order valence-electron chi connectivity index (χ0n) is 13.2. The van der Waals surface area contributed by atoms with Crippen LogP contribution in [0.5, 0.6) is 0 Å². The quantitative estimate of drug-likeness (QED) is 0.921. The lowest BCUT2D eigenvalue weighted by Gasteiger charge is -2.20. The van der Waals surface area contributed by atoms with Gasteiger partial charge < -0.3 is 5.32 Å². The first-order chi connectivity index (χ1) is 10.2. The largest absolute Gasteiger partial charge is 0.370 e. The summed E-state index contributed by atoms with van der Waals surface area (Å²) in [5, 5.41) is 3.43.